The molecule has 0 saturated carbocycles. The van der Waals surface area contributed by atoms with Crippen molar-refractivity contribution in [1.82, 2.24) is 0 Å². The molecule has 1 aliphatic heterocycles. The Morgan fingerprint density at radius 1 is 1.47 bits per heavy atom. The molecule has 104 valence electrons. The summed E-state index contributed by atoms with van der Waals surface area (Å²) in [6, 6.07) is 3.34. The Balaban J connectivity index is 2.32. The van der Waals surface area contributed by atoms with Crippen LogP contribution in [-0.2, 0) is 17.4 Å². The topological polar surface area (TPSA) is 40.5 Å². The first-order valence-corrected chi connectivity index (χ1v) is 6.01. The van der Waals surface area contributed by atoms with Crippen LogP contribution < -0.4 is 4.90 Å². The maximum Gasteiger partial charge on any atom is 0.416 e. The SMILES string of the molecule is CCN1c2ccc(C(F)(F)F)cc2CC1CC(=O)O. The van der Waals surface area contributed by atoms with E-state index in [1.807, 2.05) is 11.8 Å². The van der Waals surface area contributed by atoms with Crippen molar-refractivity contribution in [1.29, 1.82) is 0 Å². The van der Waals surface area contributed by atoms with E-state index in [0.717, 1.165) is 12.1 Å². The third-order valence-electron chi connectivity index (χ3n) is 3.36. The van der Waals surface area contributed by atoms with Gasteiger partial charge in [0.15, 0.2) is 0 Å². The van der Waals surface area contributed by atoms with E-state index in [1.54, 1.807) is 0 Å². The van der Waals surface area contributed by atoms with Gasteiger partial charge in [0.1, 0.15) is 0 Å². The molecule has 0 aliphatic carbocycles. The highest BCUT2D eigenvalue weighted by atomic mass is 19.4. The van der Waals surface area contributed by atoms with E-state index in [9.17, 15) is 18.0 Å². The molecule has 0 radical (unpaired) electrons. The minimum Gasteiger partial charge on any atom is -0.481 e. The summed E-state index contributed by atoms with van der Waals surface area (Å²) in [5.74, 6) is -0.938. The molecule has 3 nitrogen and oxygen atoms in total. The minimum atomic E-state index is -4.36. The van der Waals surface area contributed by atoms with Crippen LogP contribution in [0, 0.1) is 0 Å². The van der Waals surface area contributed by atoms with Crippen LogP contribution in [0.2, 0.25) is 0 Å². The number of likely N-dealkylation sites (N-methyl/N-ethyl adjacent to an activating group) is 1. The number of carbonyl (C=O) groups is 1. The Labute approximate surface area is 108 Å². The molecule has 0 amide bonds. The third kappa shape index (κ3) is 2.67. The molecule has 1 aromatic rings. The summed E-state index contributed by atoms with van der Waals surface area (Å²) in [6.07, 6.45) is -4.08. The third-order valence-corrected chi connectivity index (χ3v) is 3.36. The highest BCUT2D eigenvalue weighted by Gasteiger charge is 2.35. The lowest BCUT2D eigenvalue weighted by Crippen LogP contribution is -2.33. The largest absolute Gasteiger partial charge is 0.481 e. The zero-order valence-electron chi connectivity index (χ0n) is 10.4. The second kappa shape index (κ2) is 4.75. The highest BCUT2D eigenvalue weighted by Crippen LogP contribution is 2.38. The van der Waals surface area contributed by atoms with Gasteiger partial charge in [-0.3, -0.25) is 4.79 Å². The predicted molar refractivity (Wildman–Crippen MR) is 64.2 cm³/mol. The molecule has 0 saturated heterocycles. The number of halogens is 3. The lowest BCUT2D eigenvalue weighted by molar-refractivity contribution is -0.138. The molecule has 1 N–H and O–H groups in total. The molecule has 2 rings (SSSR count). The number of carboxylic acids is 1. The van der Waals surface area contributed by atoms with Crippen LogP contribution in [0.15, 0.2) is 18.2 Å². The lowest BCUT2D eigenvalue weighted by Gasteiger charge is -2.24. The van der Waals surface area contributed by atoms with Gasteiger partial charge in [-0.15, -0.1) is 0 Å². The number of nitrogens with zero attached hydrogens (tertiary/aromatic N) is 1. The number of hydrogen-bond acceptors (Lipinski definition) is 2. The fourth-order valence-electron chi connectivity index (χ4n) is 2.58. The number of aliphatic carboxylic acids is 1. The van der Waals surface area contributed by atoms with Crippen LogP contribution in [-0.4, -0.2) is 23.7 Å². The van der Waals surface area contributed by atoms with Gasteiger partial charge >= 0.3 is 12.1 Å². The minimum absolute atomic E-state index is 0.0656. The molecule has 19 heavy (non-hydrogen) atoms. The first kappa shape index (κ1) is 13.7. The highest BCUT2D eigenvalue weighted by molar-refractivity contribution is 5.71. The van der Waals surface area contributed by atoms with Gasteiger partial charge in [-0.05, 0) is 37.1 Å². The number of anilines is 1. The van der Waals surface area contributed by atoms with Gasteiger partial charge in [-0.25, -0.2) is 0 Å². The molecule has 0 fully saturated rings. The maximum atomic E-state index is 12.6. The Morgan fingerprint density at radius 2 is 2.16 bits per heavy atom. The average molecular weight is 273 g/mol. The van der Waals surface area contributed by atoms with Gasteiger partial charge in [0.05, 0.1) is 12.0 Å². The Kier molecular flexibility index (Phi) is 3.43. The van der Waals surface area contributed by atoms with Crippen LogP contribution in [0.1, 0.15) is 24.5 Å². The Morgan fingerprint density at radius 3 is 2.68 bits per heavy atom. The van der Waals surface area contributed by atoms with Crippen LogP contribution in [0.4, 0.5) is 18.9 Å². The summed E-state index contributed by atoms with van der Waals surface area (Å²) in [4.78, 5) is 12.6. The average Bonchev–Trinajstić information content (AvgIpc) is 2.62. The number of fused-ring (bicyclic) bond motifs is 1. The normalized spacial score (nSPS) is 18.5. The summed E-state index contributed by atoms with van der Waals surface area (Å²) in [6.45, 7) is 2.44. The number of alkyl halides is 3. The molecular formula is C13H14F3NO2. The van der Waals surface area contributed by atoms with Gasteiger partial charge in [0.25, 0.3) is 0 Å². The van der Waals surface area contributed by atoms with Crippen molar-refractivity contribution in [2.24, 2.45) is 0 Å². The maximum absolute atomic E-state index is 12.6. The predicted octanol–water partition coefficient (Wildman–Crippen LogP) is 2.93. The molecule has 1 unspecified atom stereocenters. The fraction of sp³-hybridized carbons (Fsp3) is 0.462. The molecule has 0 spiro atoms. The van der Waals surface area contributed by atoms with E-state index in [2.05, 4.69) is 0 Å². The van der Waals surface area contributed by atoms with Crippen LogP contribution in [0.3, 0.4) is 0 Å². The smallest absolute Gasteiger partial charge is 0.416 e. The molecule has 1 aromatic carbocycles. The second-order valence-electron chi connectivity index (χ2n) is 4.58. The monoisotopic (exact) mass is 273 g/mol. The standard InChI is InChI=1S/C13H14F3NO2/c1-2-17-10(7-12(18)19)6-8-5-9(13(14,15)16)3-4-11(8)17/h3-5,10H,2,6-7H2,1H3,(H,18,19). The quantitative estimate of drug-likeness (QED) is 0.920. The van der Waals surface area contributed by atoms with Crippen molar-refractivity contribution in [3.05, 3.63) is 29.3 Å². The number of hydrogen-bond donors (Lipinski definition) is 1. The van der Waals surface area contributed by atoms with Crippen molar-refractivity contribution in [2.75, 3.05) is 11.4 Å². The first-order valence-electron chi connectivity index (χ1n) is 6.01. The van der Waals surface area contributed by atoms with Crippen molar-refractivity contribution in [3.8, 4) is 0 Å². The van der Waals surface area contributed by atoms with E-state index in [-0.39, 0.29) is 12.5 Å². The molecule has 6 heteroatoms. The number of carboxylic acid groups (broad SMARTS) is 1. The molecular weight excluding hydrogens is 259 g/mol. The van der Waals surface area contributed by atoms with Crippen LogP contribution >= 0.6 is 0 Å². The van der Waals surface area contributed by atoms with Gasteiger partial charge in [-0.2, -0.15) is 13.2 Å². The molecule has 0 aromatic heterocycles. The van der Waals surface area contributed by atoms with Crippen molar-refractivity contribution in [3.63, 3.8) is 0 Å². The lowest BCUT2D eigenvalue weighted by atomic mass is 10.0. The Bertz CT molecular complexity index is 499. The molecule has 1 aliphatic rings. The summed E-state index contributed by atoms with van der Waals surface area (Å²) in [5.41, 5.74) is 0.600. The zero-order valence-corrected chi connectivity index (χ0v) is 10.4. The van der Waals surface area contributed by atoms with Gasteiger partial charge < -0.3 is 10.0 Å². The van der Waals surface area contributed by atoms with E-state index < -0.39 is 17.7 Å². The molecule has 1 atom stereocenters. The summed E-state index contributed by atoms with van der Waals surface area (Å²) < 4.78 is 37.9. The van der Waals surface area contributed by atoms with Crippen LogP contribution in [0.25, 0.3) is 0 Å². The molecule has 0 bridgehead atoms. The van der Waals surface area contributed by atoms with Gasteiger partial charge in [0, 0.05) is 18.3 Å². The van der Waals surface area contributed by atoms with Crippen molar-refractivity contribution < 1.29 is 23.1 Å². The van der Waals surface area contributed by atoms with E-state index in [4.69, 9.17) is 5.11 Å². The van der Waals surface area contributed by atoms with Crippen molar-refractivity contribution in [2.45, 2.75) is 32.0 Å². The van der Waals surface area contributed by atoms with E-state index in [1.165, 1.54) is 6.07 Å². The summed E-state index contributed by atoms with van der Waals surface area (Å²) in [5, 5.41) is 8.84. The van der Waals surface area contributed by atoms with Crippen LogP contribution in [0.5, 0.6) is 0 Å². The Hall–Kier alpha value is -1.72. The van der Waals surface area contributed by atoms with E-state index in [0.29, 0.717) is 24.2 Å². The summed E-state index contributed by atoms with van der Waals surface area (Å²) in [7, 11) is 0. The first-order chi connectivity index (χ1) is 8.82. The number of benzene rings is 1. The van der Waals surface area contributed by atoms with Gasteiger partial charge in [-0.1, -0.05) is 0 Å². The molecule has 1 heterocycles. The van der Waals surface area contributed by atoms with Gasteiger partial charge in [0.2, 0.25) is 0 Å². The zero-order chi connectivity index (χ0) is 14.2. The van der Waals surface area contributed by atoms with Crippen molar-refractivity contribution >= 4 is 11.7 Å². The number of rotatable bonds is 3. The van der Waals surface area contributed by atoms with E-state index >= 15 is 0 Å². The fourth-order valence-corrected chi connectivity index (χ4v) is 2.58. The summed E-state index contributed by atoms with van der Waals surface area (Å²) >= 11 is 0. The second-order valence-corrected chi connectivity index (χ2v) is 4.58.